The molecule has 5 rings (SSSR count). The summed E-state index contributed by atoms with van der Waals surface area (Å²) in [4.78, 5) is 15.8. The average Bonchev–Trinajstić information content (AvgIpc) is 3.35. The maximum atomic E-state index is 10.1. The van der Waals surface area contributed by atoms with Gasteiger partial charge in [0.05, 0.1) is 21.4 Å². The van der Waals surface area contributed by atoms with Crippen molar-refractivity contribution in [2.24, 2.45) is 4.99 Å². The summed E-state index contributed by atoms with van der Waals surface area (Å²) in [7, 11) is 0. The fraction of sp³-hybridized carbons (Fsp3) is 0. The summed E-state index contributed by atoms with van der Waals surface area (Å²) in [6.45, 7) is 0. The van der Waals surface area contributed by atoms with E-state index in [1.165, 1.54) is 0 Å². The third-order valence-corrected chi connectivity index (χ3v) is 4.93. The van der Waals surface area contributed by atoms with Crippen LogP contribution in [0.2, 0.25) is 0 Å². The highest BCUT2D eigenvalue weighted by atomic mass is 32.1. The lowest BCUT2D eigenvalue weighted by Gasteiger charge is -2.01. The first-order chi connectivity index (χ1) is 12.7. The predicted octanol–water partition coefficient (Wildman–Crippen LogP) is 2.79. The summed E-state index contributed by atoms with van der Waals surface area (Å²) < 4.78 is 1.09. The molecule has 2 aromatic heterocycles. The van der Waals surface area contributed by atoms with Crippen molar-refractivity contribution in [2.45, 2.75) is 0 Å². The number of fused-ring (bicyclic) bond motifs is 2. The van der Waals surface area contributed by atoms with Crippen molar-refractivity contribution in [3.05, 3.63) is 58.0 Å². The van der Waals surface area contributed by atoms with Crippen LogP contribution in [-0.4, -0.2) is 26.3 Å². The van der Waals surface area contributed by atoms with Crippen LogP contribution in [0.25, 0.3) is 22.4 Å². The van der Waals surface area contributed by atoms with E-state index in [4.69, 9.17) is 0 Å². The number of nitrogens with zero attached hydrogens (tertiary/aromatic N) is 3. The second-order valence-electron chi connectivity index (χ2n) is 5.89. The summed E-state index contributed by atoms with van der Waals surface area (Å²) >= 11 is 1.58. The molecular formula is C19H13N5OS. The van der Waals surface area contributed by atoms with E-state index in [9.17, 15) is 5.11 Å². The van der Waals surface area contributed by atoms with Gasteiger partial charge in [-0.05, 0) is 41.6 Å². The minimum Gasteiger partial charge on any atom is -0.492 e. The van der Waals surface area contributed by atoms with E-state index in [0.717, 1.165) is 32.0 Å². The minimum absolute atomic E-state index is 0.0538. The number of H-pyrrole nitrogens is 1. The Labute approximate surface area is 151 Å². The van der Waals surface area contributed by atoms with Crippen molar-refractivity contribution in [3.8, 4) is 5.88 Å². The number of aromatic hydroxyl groups is 1. The molecule has 26 heavy (non-hydrogen) atoms. The van der Waals surface area contributed by atoms with Crippen LogP contribution in [-0.2, 0) is 0 Å². The highest BCUT2D eigenvalue weighted by Crippen LogP contribution is 2.25. The van der Waals surface area contributed by atoms with Crippen molar-refractivity contribution in [1.29, 1.82) is 0 Å². The Morgan fingerprint density at radius 2 is 2.12 bits per heavy atom. The molecule has 0 saturated heterocycles. The van der Waals surface area contributed by atoms with Gasteiger partial charge in [-0.25, -0.2) is 4.98 Å². The molecule has 1 aliphatic heterocycles. The highest BCUT2D eigenvalue weighted by Gasteiger charge is 2.08. The smallest absolute Gasteiger partial charge is 0.238 e. The fourth-order valence-corrected chi connectivity index (χ4v) is 3.59. The molecule has 3 heterocycles. The summed E-state index contributed by atoms with van der Waals surface area (Å²) in [6, 6.07) is 11.8. The number of thiazole rings is 1. The van der Waals surface area contributed by atoms with Crippen molar-refractivity contribution in [2.75, 3.05) is 5.32 Å². The number of anilines is 2. The van der Waals surface area contributed by atoms with Crippen molar-refractivity contribution >= 4 is 57.2 Å². The van der Waals surface area contributed by atoms with Gasteiger partial charge in [0.15, 0.2) is 0 Å². The van der Waals surface area contributed by atoms with Gasteiger partial charge in [0.1, 0.15) is 5.69 Å². The molecule has 0 fully saturated rings. The van der Waals surface area contributed by atoms with E-state index in [2.05, 4.69) is 25.3 Å². The van der Waals surface area contributed by atoms with E-state index in [1.54, 1.807) is 17.6 Å². The molecule has 2 aromatic carbocycles. The maximum absolute atomic E-state index is 10.1. The number of nitrogens with one attached hydrogen (secondary N) is 2. The molecule has 0 bridgehead atoms. The number of imidazole rings is 1. The van der Waals surface area contributed by atoms with Gasteiger partial charge in [0.25, 0.3) is 0 Å². The lowest BCUT2D eigenvalue weighted by molar-refractivity contribution is 0.455. The number of hydrogen-bond acceptors (Lipinski definition) is 6. The zero-order valence-electron chi connectivity index (χ0n) is 13.5. The lowest BCUT2D eigenvalue weighted by Crippen LogP contribution is -2.06. The van der Waals surface area contributed by atoms with E-state index < -0.39 is 0 Å². The van der Waals surface area contributed by atoms with Gasteiger partial charge in [-0.3, -0.25) is 4.99 Å². The van der Waals surface area contributed by atoms with Gasteiger partial charge in [0, 0.05) is 17.1 Å². The van der Waals surface area contributed by atoms with Crippen molar-refractivity contribution < 1.29 is 5.11 Å². The van der Waals surface area contributed by atoms with Gasteiger partial charge in [-0.1, -0.05) is 12.1 Å². The van der Waals surface area contributed by atoms with Crippen LogP contribution in [0.1, 0.15) is 5.69 Å². The van der Waals surface area contributed by atoms with Gasteiger partial charge in [0.2, 0.25) is 11.8 Å². The topological polar surface area (TPSA) is 86.2 Å². The van der Waals surface area contributed by atoms with E-state index >= 15 is 0 Å². The number of hydrogen-bond donors (Lipinski definition) is 3. The van der Waals surface area contributed by atoms with Crippen LogP contribution in [0.5, 0.6) is 5.88 Å². The normalized spacial score (nSPS) is 13.2. The zero-order chi connectivity index (χ0) is 17.5. The van der Waals surface area contributed by atoms with Crippen molar-refractivity contribution in [3.63, 3.8) is 0 Å². The molecule has 6 nitrogen and oxygen atoms in total. The van der Waals surface area contributed by atoms with E-state index in [0.29, 0.717) is 11.6 Å². The van der Waals surface area contributed by atoms with Crippen LogP contribution in [0.4, 0.5) is 17.3 Å². The number of rotatable bonds is 3. The molecule has 0 radical (unpaired) electrons. The quantitative estimate of drug-likeness (QED) is 0.525. The molecule has 4 aromatic rings. The summed E-state index contributed by atoms with van der Waals surface area (Å²) in [5.41, 5.74) is 5.13. The molecule has 7 heteroatoms. The third kappa shape index (κ3) is 2.64. The van der Waals surface area contributed by atoms with Gasteiger partial charge < -0.3 is 15.4 Å². The third-order valence-electron chi connectivity index (χ3n) is 4.14. The van der Waals surface area contributed by atoms with Crippen molar-refractivity contribution in [1.82, 2.24) is 15.0 Å². The summed E-state index contributed by atoms with van der Waals surface area (Å²) in [5, 5.41) is 15.4. The Morgan fingerprint density at radius 3 is 3.08 bits per heavy atom. The lowest BCUT2D eigenvalue weighted by atomic mass is 10.2. The minimum atomic E-state index is -0.0538. The largest absolute Gasteiger partial charge is 0.492 e. The Hall–Kier alpha value is -3.45. The monoisotopic (exact) mass is 359 g/mol. The Morgan fingerprint density at radius 1 is 1.15 bits per heavy atom. The SMILES string of the molecule is Oc1nc(Nc2ccc3ncsc3c2)[nH]c1/C=c1\ccc2c(c1)N=CC=2. The van der Waals surface area contributed by atoms with Crippen LogP contribution in [0.15, 0.2) is 46.9 Å². The number of benzene rings is 2. The first-order valence-electron chi connectivity index (χ1n) is 8.00. The second-order valence-corrected chi connectivity index (χ2v) is 6.78. The molecule has 126 valence electrons. The molecular weight excluding hydrogens is 346 g/mol. The zero-order valence-corrected chi connectivity index (χ0v) is 14.3. The van der Waals surface area contributed by atoms with Crippen LogP contribution in [0, 0.1) is 0 Å². The second kappa shape index (κ2) is 5.82. The molecule has 1 aliphatic rings. The van der Waals surface area contributed by atoms with Gasteiger partial charge in [-0.2, -0.15) is 4.98 Å². The first-order valence-corrected chi connectivity index (χ1v) is 8.88. The van der Waals surface area contributed by atoms with Crippen LogP contribution >= 0.6 is 11.3 Å². The first kappa shape index (κ1) is 14.9. The highest BCUT2D eigenvalue weighted by molar-refractivity contribution is 7.16. The standard InChI is InChI=1S/C19H13N5OS/c25-18-16(8-11-1-2-12-5-6-20-15(12)7-11)23-19(24-18)22-13-3-4-14-17(9-13)26-10-21-14/h1-10,25H,(H2,22,23,24)/b11-8+. The number of aliphatic imine (C=N–C) groups is 1. The summed E-state index contributed by atoms with van der Waals surface area (Å²) in [5.74, 6) is 0.423. The summed E-state index contributed by atoms with van der Waals surface area (Å²) in [6.07, 6.45) is 5.59. The van der Waals surface area contributed by atoms with Crippen LogP contribution in [0.3, 0.4) is 0 Å². The average molecular weight is 359 g/mol. The number of aromatic amines is 1. The van der Waals surface area contributed by atoms with Gasteiger partial charge in [-0.15, -0.1) is 11.3 Å². The molecule has 0 atom stereocenters. The van der Waals surface area contributed by atoms with E-state index in [1.807, 2.05) is 54.1 Å². The van der Waals surface area contributed by atoms with E-state index in [-0.39, 0.29) is 5.88 Å². The Kier molecular flexibility index (Phi) is 3.32. The Bertz CT molecular complexity index is 1280. The molecule has 0 unspecified atom stereocenters. The molecule has 0 spiro atoms. The number of aromatic nitrogens is 3. The molecule has 0 saturated carbocycles. The molecule has 0 aliphatic carbocycles. The molecule has 3 N–H and O–H groups in total. The predicted molar refractivity (Wildman–Crippen MR) is 105 cm³/mol. The van der Waals surface area contributed by atoms with Crippen LogP contribution < -0.4 is 15.8 Å². The molecule has 0 amide bonds. The van der Waals surface area contributed by atoms with Gasteiger partial charge >= 0.3 is 0 Å². The Balaban J connectivity index is 1.47. The maximum Gasteiger partial charge on any atom is 0.238 e. The fourth-order valence-electron chi connectivity index (χ4n) is 2.87.